The van der Waals surface area contributed by atoms with Gasteiger partial charge in [0.05, 0.1) is 48.3 Å². The van der Waals surface area contributed by atoms with Crippen molar-refractivity contribution in [3.8, 4) is 17.0 Å². The van der Waals surface area contributed by atoms with Crippen LogP contribution in [0.15, 0.2) is 47.5 Å². The summed E-state index contributed by atoms with van der Waals surface area (Å²) in [6, 6.07) is 10.1. The highest BCUT2D eigenvalue weighted by Crippen LogP contribution is 2.31. The molecule has 3 aromatic heterocycles. The van der Waals surface area contributed by atoms with Crippen LogP contribution in [0.2, 0.25) is 0 Å². The normalized spacial score (nSPS) is 15.7. The fourth-order valence-corrected chi connectivity index (χ4v) is 4.47. The minimum atomic E-state index is -3.67. The smallest absolute Gasteiger partial charge is 0.329 e. The van der Waals surface area contributed by atoms with E-state index in [1.165, 1.54) is 0 Å². The number of hydrogen-bond donors (Lipinski definition) is 1. The van der Waals surface area contributed by atoms with Crippen LogP contribution in [0.3, 0.4) is 0 Å². The first-order chi connectivity index (χ1) is 18.0. The van der Waals surface area contributed by atoms with Gasteiger partial charge in [0.25, 0.3) is 10.1 Å². The van der Waals surface area contributed by atoms with Gasteiger partial charge in [0.2, 0.25) is 5.88 Å². The molecule has 1 N–H and O–H groups in total. The minimum absolute atomic E-state index is 0.0300. The Hall–Kier alpha value is -3.32. The van der Waals surface area contributed by atoms with Crippen LogP contribution in [-0.4, -0.2) is 83.7 Å². The van der Waals surface area contributed by atoms with Crippen molar-refractivity contribution in [2.24, 2.45) is 7.05 Å². The molecule has 4 aromatic rings. The number of ether oxygens (including phenoxy) is 2. The zero-order valence-electron chi connectivity index (χ0n) is 22.0. The molecule has 0 radical (unpaired) electrons. The molecule has 1 aliphatic rings. The number of hydrogen-bond acceptors (Lipinski definition) is 8. The van der Waals surface area contributed by atoms with Gasteiger partial charge in [-0.15, -0.1) is 0 Å². The van der Waals surface area contributed by atoms with Crippen molar-refractivity contribution in [3.63, 3.8) is 0 Å². The summed E-state index contributed by atoms with van der Waals surface area (Å²) in [6.07, 6.45) is 6.12. The molecule has 0 unspecified atom stereocenters. The molecular formula is C26H33N5O6S. The highest BCUT2D eigenvalue weighted by molar-refractivity contribution is 7.85. The number of benzene rings is 1. The first-order valence-corrected chi connectivity index (χ1v) is 14.1. The summed E-state index contributed by atoms with van der Waals surface area (Å²) < 4.78 is 40.8. The molecule has 0 saturated carbocycles. The van der Waals surface area contributed by atoms with E-state index >= 15 is 0 Å². The molecule has 1 atom stereocenters. The van der Waals surface area contributed by atoms with Crippen molar-refractivity contribution in [3.05, 3.63) is 53.2 Å². The van der Waals surface area contributed by atoms with E-state index in [1.807, 2.05) is 35.0 Å². The van der Waals surface area contributed by atoms with Crippen LogP contribution in [-0.2, 0) is 21.9 Å². The third-order valence-electron chi connectivity index (χ3n) is 6.26. The standard InChI is InChI=1S/C25H29N5O3.CH4O3S/c1-28(2)10-4-11-33-23-8-6-18(14-27-23)17-5-7-21-20(13-17)24-22(15-26-21)29(3)25(31)30(24)19-9-12-32-16-19;1-5(2,3)4/h5-8,13-15,19H,4,9-12,16H2,1-3H3;1H3,(H,2,3,4)/t19-;/m1./s1. The van der Waals surface area contributed by atoms with Gasteiger partial charge < -0.3 is 14.4 Å². The zero-order chi connectivity index (χ0) is 27.4. The molecule has 12 heteroatoms. The topological polar surface area (TPSA) is 129 Å². The fraction of sp³-hybridized carbons (Fsp3) is 0.423. The highest BCUT2D eigenvalue weighted by atomic mass is 32.2. The Morgan fingerprint density at radius 3 is 2.53 bits per heavy atom. The maximum atomic E-state index is 13.1. The van der Waals surface area contributed by atoms with E-state index < -0.39 is 10.1 Å². The molecule has 4 heterocycles. The second-order valence-corrected chi connectivity index (χ2v) is 11.0. The van der Waals surface area contributed by atoms with Crippen molar-refractivity contribution >= 4 is 32.1 Å². The number of aromatic nitrogens is 4. The van der Waals surface area contributed by atoms with Gasteiger partial charge in [0, 0.05) is 43.4 Å². The van der Waals surface area contributed by atoms with E-state index in [4.69, 9.17) is 14.0 Å². The Balaban J connectivity index is 0.000000617. The van der Waals surface area contributed by atoms with Crippen LogP contribution in [0, 0.1) is 0 Å². The molecule has 5 rings (SSSR count). The van der Waals surface area contributed by atoms with Crippen LogP contribution < -0.4 is 10.4 Å². The molecule has 1 saturated heterocycles. The number of fused-ring (bicyclic) bond motifs is 3. The molecule has 0 aliphatic carbocycles. The molecule has 1 aromatic carbocycles. The Morgan fingerprint density at radius 1 is 1.16 bits per heavy atom. The van der Waals surface area contributed by atoms with Crippen molar-refractivity contribution in [2.75, 3.05) is 46.7 Å². The van der Waals surface area contributed by atoms with E-state index in [9.17, 15) is 13.2 Å². The van der Waals surface area contributed by atoms with Crippen LogP contribution >= 0.6 is 0 Å². The molecule has 204 valence electrons. The molecule has 0 amide bonds. The summed E-state index contributed by atoms with van der Waals surface area (Å²) in [7, 11) is 2.24. The van der Waals surface area contributed by atoms with E-state index in [1.54, 1.807) is 17.8 Å². The lowest BCUT2D eigenvalue weighted by molar-refractivity contribution is 0.186. The lowest BCUT2D eigenvalue weighted by Crippen LogP contribution is -2.26. The average molecular weight is 544 g/mol. The van der Waals surface area contributed by atoms with Gasteiger partial charge in [-0.25, -0.2) is 9.78 Å². The predicted octanol–water partition coefficient (Wildman–Crippen LogP) is 2.75. The maximum absolute atomic E-state index is 13.1. The van der Waals surface area contributed by atoms with Crippen molar-refractivity contribution in [2.45, 2.75) is 18.9 Å². The number of nitrogens with zero attached hydrogens (tertiary/aromatic N) is 5. The monoisotopic (exact) mass is 543 g/mol. The maximum Gasteiger partial charge on any atom is 0.329 e. The molecule has 0 bridgehead atoms. The van der Waals surface area contributed by atoms with Crippen LogP contribution in [0.1, 0.15) is 18.9 Å². The van der Waals surface area contributed by atoms with Gasteiger partial charge in [0.15, 0.2) is 0 Å². The van der Waals surface area contributed by atoms with E-state index in [2.05, 4.69) is 35.0 Å². The lowest BCUT2D eigenvalue weighted by atomic mass is 10.0. The number of aryl methyl sites for hydroxylation is 1. The molecule has 0 spiro atoms. The average Bonchev–Trinajstić information content (AvgIpc) is 3.48. The van der Waals surface area contributed by atoms with Gasteiger partial charge in [-0.1, -0.05) is 6.07 Å². The first kappa shape index (κ1) is 27.7. The van der Waals surface area contributed by atoms with Crippen LogP contribution in [0.25, 0.3) is 33.1 Å². The van der Waals surface area contributed by atoms with Crippen molar-refractivity contribution < 1.29 is 22.4 Å². The molecule has 1 aliphatic heterocycles. The minimum Gasteiger partial charge on any atom is -0.478 e. The van der Waals surface area contributed by atoms with Gasteiger partial charge in [-0.05, 0) is 50.7 Å². The van der Waals surface area contributed by atoms with E-state index in [-0.39, 0.29) is 11.7 Å². The number of pyridine rings is 2. The summed E-state index contributed by atoms with van der Waals surface area (Å²) in [5, 5.41) is 0.957. The summed E-state index contributed by atoms with van der Waals surface area (Å²) in [5.41, 5.74) is 4.59. The SMILES string of the molecule is CN(C)CCCOc1ccc(-c2ccc3ncc4c(c3c2)n([C@@H]2CCOC2)c(=O)n4C)cn1.CS(=O)(=O)O. The predicted molar refractivity (Wildman–Crippen MR) is 146 cm³/mol. The zero-order valence-corrected chi connectivity index (χ0v) is 22.8. The van der Waals surface area contributed by atoms with Gasteiger partial charge in [-0.3, -0.25) is 18.7 Å². The molecule has 1 fully saturated rings. The Kier molecular flexibility index (Phi) is 8.46. The number of rotatable bonds is 7. The van der Waals surface area contributed by atoms with Crippen LogP contribution in [0.5, 0.6) is 5.88 Å². The summed E-state index contributed by atoms with van der Waals surface area (Å²) >= 11 is 0. The largest absolute Gasteiger partial charge is 0.478 e. The molecular weight excluding hydrogens is 510 g/mol. The second kappa shape index (κ2) is 11.6. The molecule has 11 nitrogen and oxygen atoms in total. The van der Waals surface area contributed by atoms with E-state index in [0.717, 1.165) is 52.4 Å². The Morgan fingerprint density at radius 2 is 1.89 bits per heavy atom. The highest BCUT2D eigenvalue weighted by Gasteiger charge is 2.25. The van der Waals surface area contributed by atoms with Gasteiger partial charge >= 0.3 is 5.69 Å². The van der Waals surface area contributed by atoms with Crippen molar-refractivity contribution in [1.82, 2.24) is 24.0 Å². The summed E-state index contributed by atoms with van der Waals surface area (Å²) in [6.45, 7) is 2.86. The third-order valence-corrected chi connectivity index (χ3v) is 6.26. The fourth-order valence-electron chi connectivity index (χ4n) is 4.47. The Labute approximate surface area is 221 Å². The first-order valence-electron chi connectivity index (χ1n) is 12.3. The van der Waals surface area contributed by atoms with Gasteiger partial charge in [-0.2, -0.15) is 8.42 Å². The van der Waals surface area contributed by atoms with Gasteiger partial charge in [0.1, 0.15) is 0 Å². The van der Waals surface area contributed by atoms with Crippen LogP contribution in [0.4, 0.5) is 0 Å². The summed E-state index contributed by atoms with van der Waals surface area (Å²) in [4.78, 5) is 24.3. The third kappa shape index (κ3) is 6.57. The second-order valence-electron chi connectivity index (χ2n) is 9.58. The molecule has 38 heavy (non-hydrogen) atoms. The van der Waals surface area contributed by atoms with Crippen molar-refractivity contribution in [1.29, 1.82) is 0 Å². The Bertz CT molecular complexity index is 1560. The summed E-state index contributed by atoms with van der Waals surface area (Å²) in [5.74, 6) is 0.625. The quantitative estimate of drug-likeness (QED) is 0.276. The van der Waals surface area contributed by atoms with E-state index in [0.29, 0.717) is 32.0 Å². The lowest BCUT2D eigenvalue weighted by Gasteiger charge is -2.12. The number of imidazole rings is 1.